The van der Waals surface area contributed by atoms with Crippen molar-refractivity contribution in [3.8, 4) is 56.0 Å². The molecule has 224 valence electrons. The van der Waals surface area contributed by atoms with Gasteiger partial charge < -0.3 is 4.74 Å². The van der Waals surface area contributed by atoms with E-state index in [2.05, 4.69) is 176 Å². The van der Waals surface area contributed by atoms with E-state index in [-0.39, 0.29) is 0 Å². The Kier molecular flexibility index (Phi) is 5.86. The smallest absolute Gasteiger partial charge is 0.135 e. The third kappa shape index (κ3) is 3.73. The highest BCUT2D eigenvalue weighted by atomic mass is 16.5. The third-order valence-corrected chi connectivity index (χ3v) is 10.4. The minimum absolute atomic E-state index is 0.440. The van der Waals surface area contributed by atoms with E-state index in [1.807, 2.05) is 6.07 Å². The van der Waals surface area contributed by atoms with Crippen molar-refractivity contribution in [1.29, 1.82) is 0 Å². The van der Waals surface area contributed by atoms with Crippen LogP contribution in [0.15, 0.2) is 182 Å². The van der Waals surface area contributed by atoms with Crippen molar-refractivity contribution in [1.82, 2.24) is 0 Å². The molecule has 1 aliphatic heterocycles. The van der Waals surface area contributed by atoms with Crippen molar-refractivity contribution in [2.45, 2.75) is 5.41 Å². The van der Waals surface area contributed by atoms with Gasteiger partial charge in [-0.1, -0.05) is 164 Å². The average molecular weight is 611 g/mol. The summed E-state index contributed by atoms with van der Waals surface area (Å²) in [6, 6.07) is 66.3. The molecule has 10 rings (SSSR count). The van der Waals surface area contributed by atoms with E-state index in [4.69, 9.17) is 4.74 Å². The molecule has 1 heterocycles. The minimum atomic E-state index is -0.440. The zero-order valence-electron chi connectivity index (χ0n) is 26.2. The second kappa shape index (κ2) is 10.4. The predicted octanol–water partition coefficient (Wildman–Crippen LogP) is 12.3. The van der Waals surface area contributed by atoms with Gasteiger partial charge in [-0.2, -0.15) is 0 Å². The fourth-order valence-corrected chi connectivity index (χ4v) is 8.40. The Hall–Kier alpha value is -6.18. The van der Waals surface area contributed by atoms with Crippen molar-refractivity contribution >= 4 is 10.8 Å². The Morgan fingerprint density at radius 2 is 0.917 bits per heavy atom. The summed E-state index contributed by atoms with van der Waals surface area (Å²) in [5, 5.41) is 2.36. The van der Waals surface area contributed by atoms with E-state index in [1.165, 1.54) is 72.0 Å². The first kappa shape index (κ1) is 27.0. The third-order valence-electron chi connectivity index (χ3n) is 10.4. The standard InChI is InChI=1S/C47H30O/c1-3-14-32(15-4-1)47(33-16-5-2-6-17-33)42-24-11-9-20-37(42)38-27-26-31(30-43(38)47)34-18-7-8-19-35(34)36-28-29-45-46-40(36)22-13-23-41(46)39-21-10-12-25-44(39)48-45/h1-30H. The molecule has 0 saturated carbocycles. The average Bonchev–Trinajstić information content (AvgIpc) is 3.46. The molecule has 0 atom stereocenters. The van der Waals surface area contributed by atoms with Crippen LogP contribution in [0.4, 0.5) is 0 Å². The van der Waals surface area contributed by atoms with Crippen LogP contribution in [0.2, 0.25) is 0 Å². The van der Waals surface area contributed by atoms with E-state index in [9.17, 15) is 0 Å². The van der Waals surface area contributed by atoms with Gasteiger partial charge in [-0.3, -0.25) is 0 Å². The van der Waals surface area contributed by atoms with Crippen molar-refractivity contribution in [3.63, 3.8) is 0 Å². The van der Waals surface area contributed by atoms with Gasteiger partial charge in [0.2, 0.25) is 0 Å². The van der Waals surface area contributed by atoms with Gasteiger partial charge in [-0.05, 0) is 84.8 Å². The molecule has 2 aliphatic rings. The Balaban J connectivity index is 1.22. The lowest BCUT2D eigenvalue weighted by molar-refractivity contribution is 0.487. The normalized spacial score (nSPS) is 13.3. The molecule has 1 nitrogen and oxygen atoms in total. The topological polar surface area (TPSA) is 9.23 Å². The molecule has 1 aliphatic carbocycles. The van der Waals surface area contributed by atoms with Gasteiger partial charge in [-0.25, -0.2) is 0 Å². The maximum atomic E-state index is 6.44. The Labute approximate surface area is 280 Å². The molecule has 0 bridgehead atoms. The zero-order chi connectivity index (χ0) is 31.7. The first-order valence-corrected chi connectivity index (χ1v) is 16.6. The molecule has 0 saturated heterocycles. The van der Waals surface area contributed by atoms with Crippen molar-refractivity contribution in [3.05, 3.63) is 204 Å². The van der Waals surface area contributed by atoms with Crippen molar-refractivity contribution in [2.24, 2.45) is 0 Å². The monoisotopic (exact) mass is 610 g/mol. The highest BCUT2D eigenvalue weighted by Crippen LogP contribution is 2.57. The van der Waals surface area contributed by atoms with Gasteiger partial charge in [0.1, 0.15) is 11.5 Å². The molecule has 0 N–H and O–H groups in total. The first-order valence-electron chi connectivity index (χ1n) is 16.6. The van der Waals surface area contributed by atoms with Gasteiger partial charge in [0, 0.05) is 10.9 Å². The molecule has 0 spiro atoms. The molecule has 0 amide bonds. The summed E-state index contributed by atoms with van der Waals surface area (Å²) >= 11 is 0. The number of fused-ring (bicyclic) bond motifs is 5. The van der Waals surface area contributed by atoms with Crippen LogP contribution in [0.25, 0.3) is 55.3 Å². The van der Waals surface area contributed by atoms with Crippen LogP contribution in [-0.4, -0.2) is 0 Å². The lowest BCUT2D eigenvalue weighted by atomic mass is 9.67. The number of para-hydroxylation sites is 1. The fraction of sp³-hybridized carbons (Fsp3) is 0.0213. The van der Waals surface area contributed by atoms with Crippen LogP contribution in [0.5, 0.6) is 11.5 Å². The Morgan fingerprint density at radius 1 is 0.333 bits per heavy atom. The van der Waals surface area contributed by atoms with E-state index in [0.29, 0.717) is 0 Å². The second-order valence-corrected chi connectivity index (χ2v) is 12.8. The molecule has 8 aromatic carbocycles. The lowest BCUT2D eigenvalue weighted by Crippen LogP contribution is -2.28. The summed E-state index contributed by atoms with van der Waals surface area (Å²) in [6.07, 6.45) is 0. The number of rotatable bonds is 4. The van der Waals surface area contributed by atoms with Gasteiger partial charge >= 0.3 is 0 Å². The number of hydrogen-bond donors (Lipinski definition) is 0. The van der Waals surface area contributed by atoms with Gasteiger partial charge in [-0.15, -0.1) is 0 Å². The molecule has 1 heteroatoms. The molecule has 8 aromatic rings. The van der Waals surface area contributed by atoms with Crippen LogP contribution in [0.3, 0.4) is 0 Å². The van der Waals surface area contributed by atoms with Gasteiger partial charge in [0.05, 0.1) is 5.41 Å². The van der Waals surface area contributed by atoms with Crippen molar-refractivity contribution in [2.75, 3.05) is 0 Å². The lowest BCUT2D eigenvalue weighted by Gasteiger charge is -2.34. The molecular weight excluding hydrogens is 581 g/mol. The molecule has 48 heavy (non-hydrogen) atoms. The highest BCUT2D eigenvalue weighted by molar-refractivity contribution is 6.11. The van der Waals surface area contributed by atoms with E-state index in [0.717, 1.165) is 17.1 Å². The molecule has 0 aromatic heterocycles. The van der Waals surface area contributed by atoms with E-state index in [1.54, 1.807) is 0 Å². The van der Waals surface area contributed by atoms with Gasteiger partial charge in [0.15, 0.2) is 0 Å². The summed E-state index contributed by atoms with van der Waals surface area (Å²) in [7, 11) is 0. The highest BCUT2D eigenvalue weighted by Gasteiger charge is 2.46. The summed E-state index contributed by atoms with van der Waals surface area (Å²) in [6.45, 7) is 0. The Morgan fingerprint density at radius 3 is 1.69 bits per heavy atom. The summed E-state index contributed by atoms with van der Waals surface area (Å²) in [5.74, 6) is 1.82. The second-order valence-electron chi connectivity index (χ2n) is 12.8. The molecule has 0 fully saturated rings. The van der Waals surface area contributed by atoms with Crippen LogP contribution in [0.1, 0.15) is 22.3 Å². The molecule has 0 unspecified atom stereocenters. The first-order chi connectivity index (χ1) is 23.8. The maximum Gasteiger partial charge on any atom is 0.135 e. The number of ether oxygens (including phenoxy) is 1. The minimum Gasteiger partial charge on any atom is -0.456 e. The quantitative estimate of drug-likeness (QED) is 0.193. The van der Waals surface area contributed by atoms with E-state index < -0.39 is 5.41 Å². The van der Waals surface area contributed by atoms with Crippen LogP contribution in [-0.2, 0) is 5.41 Å². The fourth-order valence-electron chi connectivity index (χ4n) is 8.40. The van der Waals surface area contributed by atoms with Crippen LogP contribution in [0, 0.1) is 0 Å². The van der Waals surface area contributed by atoms with E-state index >= 15 is 0 Å². The zero-order valence-corrected chi connectivity index (χ0v) is 26.2. The number of hydrogen-bond acceptors (Lipinski definition) is 1. The Bertz CT molecular complexity index is 2490. The largest absolute Gasteiger partial charge is 0.456 e. The number of benzene rings is 8. The maximum absolute atomic E-state index is 6.44. The van der Waals surface area contributed by atoms with Crippen LogP contribution >= 0.6 is 0 Å². The van der Waals surface area contributed by atoms with Crippen LogP contribution < -0.4 is 4.74 Å². The molecular formula is C47H30O. The SMILES string of the molecule is c1ccc(C2(c3ccccc3)c3ccccc3-c3ccc(-c4ccccc4-c4ccc5c6c(cccc46)-c4ccccc4O5)cc32)cc1. The van der Waals surface area contributed by atoms with Crippen molar-refractivity contribution < 1.29 is 4.74 Å². The molecule has 0 radical (unpaired) electrons. The predicted molar refractivity (Wildman–Crippen MR) is 198 cm³/mol. The van der Waals surface area contributed by atoms with Gasteiger partial charge in [0.25, 0.3) is 0 Å². The summed E-state index contributed by atoms with van der Waals surface area (Å²) in [5.41, 5.74) is 14.5. The summed E-state index contributed by atoms with van der Waals surface area (Å²) < 4.78 is 6.44. The summed E-state index contributed by atoms with van der Waals surface area (Å²) in [4.78, 5) is 0.